The van der Waals surface area contributed by atoms with E-state index >= 15 is 0 Å². The highest BCUT2D eigenvalue weighted by molar-refractivity contribution is 5.81. The smallest absolute Gasteiger partial charge is 0.159 e. The monoisotopic (exact) mass is 237 g/mol. The Hall–Kier alpha value is -2.61. The summed E-state index contributed by atoms with van der Waals surface area (Å²) in [5.74, 6) is 0.847. The summed E-state index contributed by atoms with van der Waals surface area (Å²) in [5, 5.41) is 13.1. The number of aryl methyl sites for hydroxylation is 2. The fraction of sp³-hybridized carbons (Fsp3) is 0.154. The molecule has 0 aliphatic rings. The first-order valence-corrected chi connectivity index (χ1v) is 5.55. The van der Waals surface area contributed by atoms with Gasteiger partial charge in [0.15, 0.2) is 5.82 Å². The highest BCUT2D eigenvalue weighted by Gasteiger charge is 2.12. The Bertz CT molecular complexity index is 772. The Morgan fingerprint density at radius 3 is 2.72 bits per heavy atom. The molecule has 0 spiro atoms. The lowest BCUT2D eigenvalue weighted by Crippen LogP contribution is -1.99. The maximum Gasteiger partial charge on any atom is 0.159 e. The lowest BCUT2D eigenvalue weighted by molar-refractivity contribution is 0.764. The van der Waals surface area contributed by atoms with Gasteiger partial charge in [-0.25, -0.2) is 4.98 Å². The van der Waals surface area contributed by atoms with E-state index in [-0.39, 0.29) is 0 Å². The molecule has 3 rings (SSSR count). The van der Waals surface area contributed by atoms with Crippen LogP contribution in [0, 0.1) is 11.3 Å². The summed E-state index contributed by atoms with van der Waals surface area (Å²) in [6.45, 7) is 0. The average Bonchev–Trinajstić information content (AvgIpc) is 2.93. The molecule has 3 aromatic rings. The molecule has 0 aliphatic carbocycles. The number of fused-ring (bicyclic) bond motifs is 1. The predicted molar refractivity (Wildman–Crippen MR) is 67.6 cm³/mol. The molecule has 0 unspecified atom stereocenters. The summed E-state index contributed by atoms with van der Waals surface area (Å²) in [5.41, 5.74) is 3.42. The van der Waals surface area contributed by atoms with Crippen LogP contribution in [0.4, 0.5) is 0 Å². The second-order valence-electron chi connectivity index (χ2n) is 4.15. The first-order valence-electron chi connectivity index (χ1n) is 5.55. The van der Waals surface area contributed by atoms with Crippen molar-refractivity contribution >= 4 is 11.0 Å². The maximum atomic E-state index is 8.93. The van der Waals surface area contributed by atoms with Crippen molar-refractivity contribution in [1.82, 2.24) is 19.3 Å². The molecule has 0 bridgehead atoms. The molecule has 0 saturated carbocycles. The molecule has 0 amide bonds. The van der Waals surface area contributed by atoms with Crippen molar-refractivity contribution < 1.29 is 0 Å². The second-order valence-corrected chi connectivity index (χ2v) is 4.15. The topological polar surface area (TPSA) is 59.4 Å². The predicted octanol–water partition coefficient (Wildman–Crippen LogP) is 1.85. The third kappa shape index (κ3) is 1.39. The standard InChI is InChI=1S/C13H11N5/c1-17-12-7-9(8-14)3-4-10(12)16-13(17)11-5-6-15-18(11)2/h3-7H,1-2H3. The van der Waals surface area contributed by atoms with Gasteiger partial charge in [0.25, 0.3) is 0 Å². The number of benzene rings is 1. The molecule has 18 heavy (non-hydrogen) atoms. The minimum Gasteiger partial charge on any atom is -0.326 e. The van der Waals surface area contributed by atoms with E-state index in [9.17, 15) is 0 Å². The number of imidazole rings is 1. The molecule has 1 aromatic carbocycles. The van der Waals surface area contributed by atoms with Crippen molar-refractivity contribution in [2.24, 2.45) is 14.1 Å². The van der Waals surface area contributed by atoms with Crippen molar-refractivity contribution in [3.63, 3.8) is 0 Å². The van der Waals surface area contributed by atoms with E-state index in [0.717, 1.165) is 22.6 Å². The van der Waals surface area contributed by atoms with Gasteiger partial charge < -0.3 is 4.57 Å². The van der Waals surface area contributed by atoms with Crippen molar-refractivity contribution in [2.75, 3.05) is 0 Å². The first kappa shape index (κ1) is 10.5. The summed E-state index contributed by atoms with van der Waals surface area (Å²) in [6.07, 6.45) is 1.75. The molecule has 5 heteroatoms. The van der Waals surface area contributed by atoms with E-state index < -0.39 is 0 Å². The number of nitrogens with zero attached hydrogens (tertiary/aromatic N) is 5. The lowest BCUT2D eigenvalue weighted by atomic mass is 10.2. The lowest BCUT2D eigenvalue weighted by Gasteiger charge is -2.02. The van der Waals surface area contributed by atoms with Crippen LogP contribution >= 0.6 is 0 Å². The normalized spacial score (nSPS) is 10.7. The van der Waals surface area contributed by atoms with Crippen molar-refractivity contribution in [3.8, 4) is 17.6 Å². The SMILES string of the molecule is Cn1nccc1-c1nc2ccc(C#N)cc2n1C. The summed E-state index contributed by atoms with van der Waals surface area (Å²) >= 11 is 0. The molecule has 0 radical (unpaired) electrons. The Morgan fingerprint density at radius 1 is 1.22 bits per heavy atom. The molecule has 0 aliphatic heterocycles. The van der Waals surface area contributed by atoms with E-state index in [1.165, 1.54) is 0 Å². The largest absolute Gasteiger partial charge is 0.326 e. The van der Waals surface area contributed by atoms with E-state index in [2.05, 4.69) is 16.2 Å². The van der Waals surface area contributed by atoms with Crippen LogP contribution < -0.4 is 0 Å². The zero-order valence-corrected chi connectivity index (χ0v) is 10.1. The van der Waals surface area contributed by atoms with Gasteiger partial charge >= 0.3 is 0 Å². The molecule has 0 atom stereocenters. The van der Waals surface area contributed by atoms with E-state index in [1.807, 2.05) is 36.9 Å². The van der Waals surface area contributed by atoms with Gasteiger partial charge in [-0.3, -0.25) is 4.68 Å². The van der Waals surface area contributed by atoms with E-state index in [0.29, 0.717) is 5.56 Å². The Balaban J connectivity index is 2.30. The molecular weight excluding hydrogens is 226 g/mol. The fourth-order valence-electron chi connectivity index (χ4n) is 2.08. The highest BCUT2D eigenvalue weighted by Crippen LogP contribution is 2.23. The van der Waals surface area contributed by atoms with Crippen molar-refractivity contribution in [1.29, 1.82) is 5.26 Å². The summed E-state index contributed by atoms with van der Waals surface area (Å²) in [4.78, 5) is 4.58. The minimum atomic E-state index is 0.641. The van der Waals surface area contributed by atoms with Gasteiger partial charge in [-0.2, -0.15) is 10.4 Å². The molecule has 0 fully saturated rings. The quantitative estimate of drug-likeness (QED) is 0.649. The van der Waals surface area contributed by atoms with Gasteiger partial charge in [-0.1, -0.05) is 0 Å². The van der Waals surface area contributed by atoms with Gasteiger partial charge in [0.1, 0.15) is 5.69 Å². The average molecular weight is 237 g/mol. The third-order valence-electron chi connectivity index (χ3n) is 3.06. The number of rotatable bonds is 1. The van der Waals surface area contributed by atoms with Gasteiger partial charge in [-0.15, -0.1) is 0 Å². The Kier molecular flexibility index (Phi) is 2.17. The van der Waals surface area contributed by atoms with Crippen LogP contribution in [0.5, 0.6) is 0 Å². The van der Waals surface area contributed by atoms with Gasteiger partial charge in [-0.05, 0) is 24.3 Å². The highest BCUT2D eigenvalue weighted by atomic mass is 15.3. The number of nitriles is 1. The summed E-state index contributed by atoms with van der Waals surface area (Å²) in [7, 11) is 3.83. The number of aromatic nitrogens is 4. The van der Waals surface area contributed by atoms with Crippen LogP contribution in [0.2, 0.25) is 0 Å². The van der Waals surface area contributed by atoms with Crippen LogP contribution in [-0.4, -0.2) is 19.3 Å². The molecule has 2 heterocycles. The zero-order valence-electron chi connectivity index (χ0n) is 10.1. The number of hydrogen-bond donors (Lipinski definition) is 0. The molecule has 0 N–H and O–H groups in total. The fourth-order valence-corrected chi connectivity index (χ4v) is 2.08. The molecular formula is C13H11N5. The van der Waals surface area contributed by atoms with Crippen molar-refractivity contribution in [3.05, 3.63) is 36.0 Å². The molecule has 2 aromatic heterocycles. The van der Waals surface area contributed by atoms with Gasteiger partial charge in [0.05, 0.1) is 22.7 Å². The summed E-state index contributed by atoms with van der Waals surface area (Å²) < 4.78 is 3.76. The van der Waals surface area contributed by atoms with Crippen LogP contribution in [-0.2, 0) is 14.1 Å². The first-order chi connectivity index (χ1) is 8.70. The molecule has 0 saturated heterocycles. The van der Waals surface area contributed by atoms with Gasteiger partial charge in [0, 0.05) is 20.3 Å². The molecule has 5 nitrogen and oxygen atoms in total. The van der Waals surface area contributed by atoms with Crippen LogP contribution in [0.1, 0.15) is 5.56 Å². The Labute approximate surface area is 104 Å². The van der Waals surface area contributed by atoms with Crippen LogP contribution in [0.25, 0.3) is 22.6 Å². The zero-order chi connectivity index (χ0) is 12.7. The van der Waals surface area contributed by atoms with Gasteiger partial charge in [0.2, 0.25) is 0 Å². The third-order valence-corrected chi connectivity index (χ3v) is 3.06. The maximum absolute atomic E-state index is 8.93. The second kappa shape index (κ2) is 3.70. The van der Waals surface area contributed by atoms with Crippen LogP contribution in [0.15, 0.2) is 30.5 Å². The van der Waals surface area contributed by atoms with Crippen molar-refractivity contribution in [2.45, 2.75) is 0 Å². The minimum absolute atomic E-state index is 0.641. The van der Waals surface area contributed by atoms with E-state index in [4.69, 9.17) is 5.26 Å². The number of hydrogen-bond acceptors (Lipinski definition) is 3. The Morgan fingerprint density at radius 2 is 2.06 bits per heavy atom. The molecule has 88 valence electrons. The summed E-state index contributed by atoms with van der Waals surface area (Å²) in [6, 6.07) is 9.56. The van der Waals surface area contributed by atoms with E-state index in [1.54, 1.807) is 16.9 Å². The van der Waals surface area contributed by atoms with Crippen LogP contribution in [0.3, 0.4) is 0 Å².